The van der Waals surface area contributed by atoms with Crippen LogP contribution in [0.1, 0.15) is 17.1 Å². The Morgan fingerprint density at radius 3 is 2.74 bits per heavy atom. The fourth-order valence-electron chi connectivity index (χ4n) is 2.62. The Balaban J connectivity index is 1.56. The van der Waals surface area contributed by atoms with Gasteiger partial charge in [0.1, 0.15) is 11.5 Å². The van der Waals surface area contributed by atoms with E-state index in [9.17, 15) is 9.59 Å². The zero-order valence-electron chi connectivity index (χ0n) is 15.3. The quantitative estimate of drug-likeness (QED) is 0.601. The van der Waals surface area contributed by atoms with E-state index in [4.69, 9.17) is 4.42 Å². The third-order valence-electron chi connectivity index (χ3n) is 4.13. The summed E-state index contributed by atoms with van der Waals surface area (Å²) in [6, 6.07) is 13.7. The molecule has 0 unspecified atom stereocenters. The number of carbonyl (C=O) groups is 1. The lowest BCUT2D eigenvalue weighted by atomic mass is 10.1. The summed E-state index contributed by atoms with van der Waals surface area (Å²) in [7, 11) is 1.73. The van der Waals surface area contributed by atoms with Crippen LogP contribution in [0, 0.1) is 6.92 Å². The molecule has 142 valence electrons. The average Bonchev–Trinajstić information content (AvgIpc) is 3.24. The number of nitrogens with one attached hydrogen (secondary N) is 1. The summed E-state index contributed by atoms with van der Waals surface area (Å²) in [4.78, 5) is 26.0. The highest BCUT2D eigenvalue weighted by Crippen LogP contribution is 2.16. The molecule has 1 amide bonds. The predicted molar refractivity (Wildman–Crippen MR) is 104 cm³/mol. The number of hydrogen-bond donors (Lipinski definition) is 1. The summed E-state index contributed by atoms with van der Waals surface area (Å²) >= 11 is 1.25. The van der Waals surface area contributed by atoms with Crippen molar-refractivity contribution < 1.29 is 9.21 Å². The highest BCUT2D eigenvalue weighted by Gasteiger charge is 2.15. The second kappa shape index (κ2) is 8.77. The van der Waals surface area contributed by atoms with Gasteiger partial charge in [-0.05, 0) is 31.0 Å². The molecule has 7 nitrogen and oxygen atoms in total. The number of amides is 1. The second-order valence-corrected chi connectivity index (χ2v) is 7.19. The minimum atomic E-state index is -0.264. The monoisotopic (exact) mass is 386 g/mol. The smallest absolute Gasteiger partial charge is 0.343 e. The van der Waals surface area contributed by atoms with E-state index < -0.39 is 0 Å². The van der Waals surface area contributed by atoms with Crippen LogP contribution >= 0.6 is 11.8 Å². The summed E-state index contributed by atoms with van der Waals surface area (Å²) in [6.45, 7) is 2.79. The first-order chi connectivity index (χ1) is 13.0. The third-order valence-corrected chi connectivity index (χ3v) is 5.09. The minimum Gasteiger partial charge on any atom is -0.464 e. The van der Waals surface area contributed by atoms with E-state index >= 15 is 0 Å². The van der Waals surface area contributed by atoms with E-state index in [0.717, 1.165) is 23.5 Å². The number of furan rings is 1. The molecule has 0 saturated carbocycles. The molecule has 8 heteroatoms. The van der Waals surface area contributed by atoms with E-state index in [-0.39, 0.29) is 17.3 Å². The molecular weight excluding hydrogens is 364 g/mol. The molecule has 0 fully saturated rings. The molecule has 0 atom stereocenters. The van der Waals surface area contributed by atoms with Crippen molar-refractivity contribution in [1.29, 1.82) is 0 Å². The van der Waals surface area contributed by atoms with Gasteiger partial charge in [0.05, 0.1) is 12.3 Å². The van der Waals surface area contributed by atoms with Gasteiger partial charge in [-0.2, -0.15) is 0 Å². The molecule has 0 aliphatic rings. The third kappa shape index (κ3) is 5.13. The number of benzene rings is 1. The number of aromatic nitrogens is 3. The van der Waals surface area contributed by atoms with Crippen molar-refractivity contribution in [3.63, 3.8) is 0 Å². The number of H-pyrrole nitrogens is 1. The van der Waals surface area contributed by atoms with Crippen molar-refractivity contribution in [3.05, 3.63) is 70.0 Å². The van der Waals surface area contributed by atoms with Gasteiger partial charge in [0.2, 0.25) is 5.91 Å². The van der Waals surface area contributed by atoms with Gasteiger partial charge in [0.25, 0.3) is 0 Å². The number of aromatic amines is 1. The Morgan fingerprint density at radius 1 is 1.26 bits per heavy atom. The molecular formula is C19H22N4O3S. The number of carbonyl (C=O) groups excluding carboxylic acids is 1. The zero-order chi connectivity index (χ0) is 19.2. The van der Waals surface area contributed by atoms with Crippen LogP contribution < -0.4 is 5.69 Å². The summed E-state index contributed by atoms with van der Waals surface area (Å²) in [6.07, 6.45) is 0.722. The van der Waals surface area contributed by atoms with Gasteiger partial charge in [-0.3, -0.25) is 9.36 Å². The molecule has 2 heterocycles. The molecule has 0 saturated heterocycles. The van der Waals surface area contributed by atoms with Gasteiger partial charge in [-0.25, -0.2) is 9.89 Å². The van der Waals surface area contributed by atoms with Gasteiger partial charge in [0, 0.05) is 13.6 Å². The summed E-state index contributed by atoms with van der Waals surface area (Å²) < 4.78 is 7.07. The molecule has 2 aromatic heterocycles. The molecule has 0 bridgehead atoms. The van der Waals surface area contributed by atoms with E-state index in [1.165, 1.54) is 11.8 Å². The maximum Gasteiger partial charge on any atom is 0.343 e. The molecule has 0 radical (unpaired) electrons. The van der Waals surface area contributed by atoms with Crippen molar-refractivity contribution in [2.24, 2.45) is 0 Å². The fraction of sp³-hybridized carbons (Fsp3) is 0.316. The first-order valence-electron chi connectivity index (χ1n) is 8.64. The van der Waals surface area contributed by atoms with Crippen molar-refractivity contribution >= 4 is 17.7 Å². The van der Waals surface area contributed by atoms with Crippen LogP contribution in [0.2, 0.25) is 0 Å². The first-order valence-corrected chi connectivity index (χ1v) is 9.62. The molecule has 27 heavy (non-hydrogen) atoms. The van der Waals surface area contributed by atoms with Crippen LogP contribution in [0.3, 0.4) is 0 Å². The standard InChI is InChI=1S/C19H22N4O3S/c1-14-8-9-16(26-14)12-22(2)17(24)13-27-19-21-20-18(25)23(19)11-10-15-6-4-3-5-7-15/h3-9H,10-13H2,1-2H3,(H,20,25). The molecule has 3 rings (SSSR count). The maximum atomic E-state index is 12.4. The van der Waals surface area contributed by atoms with Crippen molar-refractivity contribution in [3.8, 4) is 0 Å². The normalized spacial score (nSPS) is 10.9. The van der Waals surface area contributed by atoms with Gasteiger partial charge >= 0.3 is 5.69 Å². The van der Waals surface area contributed by atoms with E-state index in [0.29, 0.717) is 18.2 Å². The molecule has 0 aliphatic heterocycles. The lowest BCUT2D eigenvalue weighted by Crippen LogP contribution is -2.28. The number of aryl methyl sites for hydroxylation is 2. The number of hydrogen-bond acceptors (Lipinski definition) is 5. The molecule has 0 aliphatic carbocycles. The summed E-state index contributed by atoms with van der Waals surface area (Å²) in [5.74, 6) is 1.71. The van der Waals surface area contributed by atoms with E-state index in [1.807, 2.05) is 49.4 Å². The van der Waals surface area contributed by atoms with Gasteiger partial charge in [-0.15, -0.1) is 5.10 Å². The minimum absolute atomic E-state index is 0.0564. The Morgan fingerprint density at radius 2 is 2.04 bits per heavy atom. The van der Waals surface area contributed by atoms with Crippen molar-refractivity contribution in [2.45, 2.75) is 31.6 Å². The van der Waals surface area contributed by atoms with Crippen molar-refractivity contribution in [2.75, 3.05) is 12.8 Å². The van der Waals surface area contributed by atoms with Crippen LogP contribution in [0.5, 0.6) is 0 Å². The molecule has 3 aromatic rings. The molecule has 1 aromatic carbocycles. The van der Waals surface area contributed by atoms with Gasteiger partial charge in [0.15, 0.2) is 5.16 Å². The van der Waals surface area contributed by atoms with E-state index in [2.05, 4.69) is 10.2 Å². The summed E-state index contributed by atoms with van der Waals surface area (Å²) in [5.41, 5.74) is 0.881. The number of thioether (sulfide) groups is 1. The predicted octanol–water partition coefficient (Wildman–Crippen LogP) is 2.47. The Bertz CT molecular complexity index is 945. The largest absolute Gasteiger partial charge is 0.464 e. The maximum absolute atomic E-state index is 12.4. The van der Waals surface area contributed by atoms with Crippen LogP contribution in [0.15, 0.2) is 56.8 Å². The Hall–Kier alpha value is -2.74. The lowest BCUT2D eigenvalue weighted by Gasteiger charge is -2.15. The zero-order valence-corrected chi connectivity index (χ0v) is 16.2. The van der Waals surface area contributed by atoms with Crippen LogP contribution in [0.4, 0.5) is 0 Å². The van der Waals surface area contributed by atoms with Gasteiger partial charge in [-0.1, -0.05) is 42.1 Å². The average molecular weight is 386 g/mol. The van der Waals surface area contributed by atoms with Crippen LogP contribution in [0.25, 0.3) is 0 Å². The second-order valence-electron chi connectivity index (χ2n) is 6.25. The van der Waals surface area contributed by atoms with Crippen LogP contribution in [-0.2, 0) is 24.3 Å². The highest BCUT2D eigenvalue weighted by molar-refractivity contribution is 7.99. The Kier molecular flexibility index (Phi) is 6.18. The first kappa shape index (κ1) is 19.0. The molecule has 1 N–H and O–H groups in total. The topological polar surface area (TPSA) is 84.1 Å². The SMILES string of the molecule is Cc1ccc(CN(C)C(=O)CSc2n[nH]c(=O)n2CCc2ccccc2)o1. The summed E-state index contributed by atoms with van der Waals surface area (Å²) in [5, 5.41) is 7.03. The lowest BCUT2D eigenvalue weighted by molar-refractivity contribution is -0.127. The van der Waals surface area contributed by atoms with Crippen LogP contribution in [-0.4, -0.2) is 38.4 Å². The fourth-order valence-corrected chi connectivity index (χ4v) is 3.54. The highest BCUT2D eigenvalue weighted by atomic mass is 32.2. The van der Waals surface area contributed by atoms with E-state index in [1.54, 1.807) is 16.5 Å². The van der Waals surface area contributed by atoms with Crippen molar-refractivity contribution in [1.82, 2.24) is 19.7 Å². The van der Waals surface area contributed by atoms with Gasteiger partial charge < -0.3 is 9.32 Å². The Labute approximate surface area is 161 Å². The number of rotatable bonds is 8. The number of nitrogens with zero attached hydrogens (tertiary/aromatic N) is 3. The molecule has 0 spiro atoms.